The number of imidazole rings is 1. The minimum absolute atomic E-state index is 0.178. The Balaban J connectivity index is 1.86. The number of aromatic nitrogens is 2. The number of hydrogen-bond donors (Lipinski definition) is 0. The number of hydrogen-bond acceptors (Lipinski definition) is 2. The molecule has 2 aromatic rings. The molecule has 3 rings (SSSR count). The van der Waals surface area contributed by atoms with Crippen LogP contribution < -0.4 is 0 Å². The maximum absolute atomic E-state index is 12.5. The van der Waals surface area contributed by atoms with Crippen LogP contribution in [0, 0.1) is 13.8 Å². The van der Waals surface area contributed by atoms with E-state index in [2.05, 4.69) is 4.98 Å². The largest absolute Gasteiger partial charge is 0.327 e. The number of aryl methyl sites for hydroxylation is 3. The summed E-state index contributed by atoms with van der Waals surface area (Å²) in [6.45, 7) is 4.43. The molecule has 1 aliphatic rings. The Morgan fingerprint density at radius 1 is 1.25 bits per heavy atom. The van der Waals surface area contributed by atoms with E-state index in [4.69, 9.17) is 0 Å². The molecule has 0 unspecified atom stereocenters. The molecule has 0 atom stereocenters. The molecule has 0 bridgehead atoms. The Labute approximate surface area is 119 Å². The molecule has 0 saturated heterocycles. The molecule has 3 heteroatoms. The highest BCUT2D eigenvalue weighted by atomic mass is 16.1. The molecule has 0 spiro atoms. The molecule has 0 radical (unpaired) electrons. The molecule has 1 heterocycles. The van der Waals surface area contributed by atoms with Gasteiger partial charge in [0, 0.05) is 11.3 Å². The number of fused-ring (bicyclic) bond motifs is 1. The van der Waals surface area contributed by atoms with E-state index in [1.807, 2.05) is 42.9 Å². The molecule has 104 valence electrons. The Hall–Kier alpha value is -1.90. The summed E-state index contributed by atoms with van der Waals surface area (Å²) in [6, 6.07) is 6.05. The molecule has 3 nitrogen and oxygen atoms in total. The molecule has 0 amide bonds. The summed E-state index contributed by atoms with van der Waals surface area (Å²) < 4.78 is 2.04. The average Bonchev–Trinajstić information content (AvgIpc) is 2.85. The summed E-state index contributed by atoms with van der Waals surface area (Å²) in [5, 5.41) is 0. The van der Waals surface area contributed by atoms with Gasteiger partial charge in [0.15, 0.2) is 5.78 Å². The van der Waals surface area contributed by atoms with E-state index in [1.165, 1.54) is 24.2 Å². The first-order valence-electron chi connectivity index (χ1n) is 7.28. The van der Waals surface area contributed by atoms with Gasteiger partial charge in [0.1, 0.15) is 0 Å². The van der Waals surface area contributed by atoms with Crippen LogP contribution in [0.2, 0.25) is 0 Å². The quantitative estimate of drug-likeness (QED) is 0.801. The summed E-state index contributed by atoms with van der Waals surface area (Å²) >= 11 is 0. The van der Waals surface area contributed by atoms with Gasteiger partial charge in [-0.3, -0.25) is 4.79 Å². The van der Waals surface area contributed by atoms with Crippen LogP contribution in [-0.4, -0.2) is 15.3 Å². The van der Waals surface area contributed by atoms with Gasteiger partial charge in [0.2, 0.25) is 0 Å². The lowest BCUT2D eigenvalue weighted by Crippen LogP contribution is -2.15. The third-order valence-corrected chi connectivity index (χ3v) is 4.12. The van der Waals surface area contributed by atoms with Gasteiger partial charge in [-0.05, 0) is 51.2 Å². The van der Waals surface area contributed by atoms with Crippen molar-refractivity contribution in [1.82, 2.24) is 9.55 Å². The van der Waals surface area contributed by atoms with E-state index in [-0.39, 0.29) is 5.78 Å². The van der Waals surface area contributed by atoms with Crippen LogP contribution in [0.3, 0.4) is 0 Å². The number of carbonyl (C=O) groups is 1. The fraction of sp³-hybridized carbons (Fsp3) is 0.412. The highest BCUT2D eigenvalue weighted by Crippen LogP contribution is 2.20. The first-order chi connectivity index (χ1) is 9.65. The lowest BCUT2D eigenvalue weighted by molar-refractivity contribution is 0.0970. The van der Waals surface area contributed by atoms with E-state index in [0.717, 1.165) is 29.5 Å². The number of ketones is 1. The number of benzene rings is 1. The van der Waals surface area contributed by atoms with Gasteiger partial charge < -0.3 is 4.57 Å². The molecule has 0 fully saturated rings. The Kier molecular flexibility index (Phi) is 3.43. The summed E-state index contributed by atoms with van der Waals surface area (Å²) in [4.78, 5) is 17.0. The van der Waals surface area contributed by atoms with Crippen LogP contribution >= 0.6 is 0 Å². The molecule has 1 aromatic heterocycles. The summed E-state index contributed by atoms with van der Waals surface area (Å²) in [5.74, 6) is 0.178. The topological polar surface area (TPSA) is 34.9 Å². The number of carbonyl (C=O) groups excluding carboxylic acids is 1. The summed E-state index contributed by atoms with van der Waals surface area (Å²) in [5.41, 5.74) is 5.46. The van der Waals surface area contributed by atoms with Gasteiger partial charge in [0.05, 0.1) is 18.6 Å². The smallest absolute Gasteiger partial charge is 0.182 e. The SMILES string of the molecule is Cc1ccc(C)c(C(=O)Cn2cnc3c2CCCC3)c1. The van der Waals surface area contributed by atoms with Crippen molar-refractivity contribution in [3.63, 3.8) is 0 Å². The highest BCUT2D eigenvalue weighted by molar-refractivity contribution is 5.97. The molecular formula is C17H20N2O. The van der Waals surface area contributed by atoms with Gasteiger partial charge in [0.25, 0.3) is 0 Å². The summed E-state index contributed by atoms with van der Waals surface area (Å²) in [7, 11) is 0. The van der Waals surface area contributed by atoms with Crippen LogP contribution in [0.25, 0.3) is 0 Å². The van der Waals surface area contributed by atoms with Crippen molar-refractivity contribution in [2.24, 2.45) is 0 Å². The maximum atomic E-state index is 12.5. The number of nitrogens with zero attached hydrogens (tertiary/aromatic N) is 2. The Morgan fingerprint density at radius 2 is 2.05 bits per heavy atom. The van der Waals surface area contributed by atoms with E-state index in [1.54, 1.807) is 0 Å². The normalized spacial score (nSPS) is 14.1. The maximum Gasteiger partial charge on any atom is 0.182 e. The third-order valence-electron chi connectivity index (χ3n) is 4.12. The average molecular weight is 268 g/mol. The zero-order valence-electron chi connectivity index (χ0n) is 12.1. The van der Waals surface area contributed by atoms with Gasteiger partial charge in [-0.25, -0.2) is 4.98 Å². The van der Waals surface area contributed by atoms with Gasteiger partial charge in [-0.15, -0.1) is 0 Å². The van der Waals surface area contributed by atoms with Crippen LogP contribution in [-0.2, 0) is 19.4 Å². The van der Waals surface area contributed by atoms with Crippen molar-refractivity contribution >= 4 is 5.78 Å². The first-order valence-corrected chi connectivity index (χ1v) is 7.28. The van der Waals surface area contributed by atoms with E-state index >= 15 is 0 Å². The van der Waals surface area contributed by atoms with E-state index in [9.17, 15) is 4.79 Å². The lowest BCUT2D eigenvalue weighted by atomic mass is 10.00. The van der Waals surface area contributed by atoms with Crippen molar-refractivity contribution in [1.29, 1.82) is 0 Å². The molecule has 1 aliphatic carbocycles. The standard InChI is InChI=1S/C17H20N2O/c1-12-7-8-13(2)14(9-12)17(20)10-19-11-18-15-5-3-4-6-16(15)19/h7-9,11H,3-6,10H2,1-2H3. The van der Waals surface area contributed by atoms with Crippen molar-refractivity contribution < 1.29 is 4.79 Å². The van der Waals surface area contributed by atoms with Crippen molar-refractivity contribution in [3.05, 3.63) is 52.6 Å². The minimum atomic E-state index is 0.178. The van der Waals surface area contributed by atoms with Crippen LogP contribution in [0.15, 0.2) is 24.5 Å². The Morgan fingerprint density at radius 3 is 2.90 bits per heavy atom. The predicted molar refractivity (Wildman–Crippen MR) is 79.1 cm³/mol. The molecular weight excluding hydrogens is 248 g/mol. The van der Waals surface area contributed by atoms with Crippen molar-refractivity contribution in [2.75, 3.05) is 0 Å². The second-order valence-electron chi connectivity index (χ2n) is 5.71. The summed E-state index contributed by atoms with van der Waals surface area (Å²) in [6.07, 6.45) is 6.36. The lowest BCUT2D eigenvalue weighted by Gasteiger charge is -2.14. The molecule has 20 heavy (non-hydrogen) atoms. The van der Waals surface area contributed by atoms with E-state index < -0.39 is 0 Å². The number of Topliss-reactive ketones (excluding diaryl/α,β-unsaturated/α-hetero) is 1. The highest BCUT2D eigenvalue weighted by Gasteiger charge is 2.17. The third kappa shape index (κ3) is 2.40. The van der Waals surface area contributed by atoms with Gasteiger partial charge >= 0.3 is 0 Å². The monoisotopic (exact) mass is 268 g/mol. The van der Waals surface area contributed by atoms with E-state index in [0.29, 0.717) is 6.54 Å². The Bertz CT molecular complexity index is 655. The number of rotatable bonds is 3. The molecule has 0 saturated carbocycles. The molecule has 1 aromatic carbocycles. The van der Waals surface area contributed by atoms with Crippen LogP contribution in [0.4, 0.5) is 0 Å². The zero-order valence-corrected chi connectivity index (χ0v) is 12.1. The first kappa shape index (κ1) is 13.1. The minimum Gasteiger partial charge on any atom is -0.327 e. The fourth-order valence-electron chi connectivity index (χ4n) is 2.94. The fourth-order valence-corrected chi connectivity index (χ4v) is 2.94. The molecule has 0 aliphatic heterocycles. The van der Waals surface area contributed by atoms with Crippen LogP contribution in [0.1, 0.15) is 45.7 Å². The second-order valence-corrected chi connectivity index (χ2v) is 5.71. The predicted octanol–water partition coefficient (Wildman–Crippen LogP) is 3.26. The van der Waals surface area contributed by atoms with Crippen molar-refractivity contribution in [3.8, 4) is 0 Å². The van der Waals surface area contributed by atoms with Crippen LogP contribution in [0.5, 0.6) is 0 Å². The van der Waals surface area contributed by atoms with Gasteiger partial charge in [-0.1, -0.05) is 17.7 Å². The zero-order chi connectivity index (χ0) is 14.1. The van der Waals surface area contributed by atoms with Gasteiger partial charge in [-0.2, -0.15) is 0 Å². The molecule has 0 N–H and O–H groups in total. The van der Waals surface area contributed by atoms with Crippen molar-refractivity contribution in [2.45, 2.75) is 46.1 Å². The second kappa shape index (κ2) is 5.23.